The van der Waals surface area contributed by atoms with E-state index < -0.39 is 0 Å². The minimum absolute atomic E-state index is 0.483. The molecule has 4 nitrogen and oxygen atoms in total. The molecule has 0 saturated carbocycles. The molecule has 0 amide bonds. The molecule has 0 radical (unpaired) electrons. The zero-order valence-corrected chi connectivity index (χ0v) is 12.3. The Morgan fingerprint density at radius 2 is 2.33 bits per heavy atom. The number of morpholine rings is 1. The Morgan fingerprint density at radius 3 is 3.06 bits per heavy atom. The van der Waals surface area contributed by atoms with Crippen molar-refractivity contribution in [1.82, 2.24) is 10.3 Å². The molecule has 0 aromatic carbocycles. The first-order valence-corrected chi connectivity index (χ1v) is 7.59. The molecule has 1 aromatic heterocycles. The molecule has 18 heavy (non-hydrogen) atoms. The van der Waals surface area contributed by atoms with Gasteiger partial charge in [0.1, 0.15) is 0 Å². The predicted octanol–water partition coefficient (Wildman–Crippen LogP) is 2.18. The van der Waals surface area contributed by atoms with Crippen LogP contribution in [0.3, 0.4) is 0 Å². The van der Waals surface area contributed by atoms with E-state index in [1.165, 1.54) is 4.88 Å². The third-order valence-electron chi connectivity index (χ3n) is 3.36. The van der Waals surface area contributed by atoms with Crippen molar-refractivity contribution < 1.29 is 4.74 Å². The Bertz CT molecular complexity index is 380. The summed E-state index contributed by atoms with van der Waals surface area (Å²) in [6.07, 6.45) is 1.11. The number of nitrogens with one attached hydrogen (secondary N) is 1. The maximum atomic E-state index is 5.55. The van der Waals surface area contributed by atoms with E-state index in [0.717, 1.165) is 50.1 Å². The average Bonchev–Trinajstić information content (AvgIpc) is 2.77. The standard InChI is InChI=1S/C13H23N3OS/c1-4-11-9-17-7-6-16(11)13-15-10(3)12(18-13)8-14-5-2/h11,14H,4-9H2,1-3H3. The highest BCUT2D eigenvalue weighted by molar-refractivity contribution is 7.15. The van der Waals surface area contributed by atoms with Gasteiger partial charge in [-0.1, -0.05) is 13.8 Å². The van der Waals surface area contributed by atoms with Crippen molar-refractivity contribution in [2.75, 3.05) is 31.2 Å². The number of rotatable bonds is 5. The summed E-state index contributed by atoms with van der Waals surface area (Å²) in [4.78, 5) is 8.50. The van der Waals surface area contributed by atoms with Gasteiger partial charge in [0.15, 0.2) is 5.13 Å². The molecule has 1 unspecified atom stereocenters. The van der Waals surface area contributed by atoms with Crippen LogP contribution in [0.5, 0.6) is 0 Å². The molecule has 1 saturated heterocycles. The first kappa shape index (κ1) is 13.8. The number of anilines is 1. The Labute approximate surface area is 113 Å². The highest BCUT2D eigenvalue weighted by atomic mass is 32.1. The van der Waals surface area contributed by atoms with Crippen LogP contribution in [0.15, 0.2) is 0 Å². The minimum atomic E-state index is 0.483. The number of aromatic nitrogens is 1. The first-order chi connectivity index (χ1) is 8.76. The van der Waals surface area contributed by atoms with Crippen LogP contribution in [0.1, 0.15) is 30.8 Å². The predicted molar refractivity (Wildman–Crippen MR) is 76.5 cm³/mol. The fraction of sp³-hybridized carbons (Fsp3) is 0.769. The summed E-state index contributed by atoms with van der Waals surface area (Å²) in [5.41, 5.74) is 1.16. The number of ether oxygens (including phenoxy) is 1. The van der Waals surface area contributed by atoms with Gasteiger partial charge >= 0.3 is 0 Å². The second kappa shape index (κ2) is 6.50. The van der Waals surface area contributed by atoms with Gasteiger partial charge in [0.25, 0.3) is 0 Å². The van der Waals surface area contributed by atoms with Gasteiger partial charge in [0, 0.05) is 18.0 Å². The van der Waals surface area contributed by atoms with Gasteiger partial charge in [-0.05, 0) is 19.9 Å². The molecule has 1 fully saturated rings. The van der Waals surface area contributed by atoms with Crippen molar-refractivity contribution in [3.63, 3.8) is 0 Å². The molecular weight excluding hydrogens is 246 g/mol. The summed E-state index contributed by atoms with van der Waals surface area (Å²) in [7, 11) is 0. The molecular formula is C13H23N3OS. The van der Waals surface area contributed by atoms with Gasteiger partial charge in [0.2, 0.25) is 0 Å². The van der Waals surface area contributed by atoms with Crippen LogP contribution in [-0.4, -0.2) is 37.3 Å². The van der Waals surface area contributed by atoms with Crippen molar-refractivity contribution >= 4 is 16.5 Å². The van der Waals surface area contributed by atoms with Gasteiger partial charge in [-0.3, -0.25) is 0 Å². The van der Waals surface area contributed by atoms with E-state index in [2.05, 4.69) is 31.0 Å². The van der Waals surface area contributed by atoms with E-state index >= 15 is 0 Å². The van der Waals surface area contributed by atoms with Crippen molar-refractivity contribution in [2.24, 2.45) is 0 Å². The van der Waals surface area contributed by atoms with E-state index in [-0.39, 0.29) is 0 Å². The SMILES string of the molecule is CCNCc1sc(N2CCOCC2CC)nc1C. The number of thiazole rings is 1. The summed E-state index contributed by atoms with van der Waals surface area (Å²) in [5.74, 6) is 0. The van der Waals surface area contributed by atoms with Crippen molar-refractivity contribution in [3.8, 4) is 0 Å². The second-order valence-corrected chi connectivity index (χ2v) is 5.68. The maximum absolute atomic E-state index is 5.55. The highest BCUT2D eigenvalue weighted by Crippen LogP contribution is 2.29. The van der Waals surface area contributed by atoms with Gasteiger partial charge in [-0.15, -0.1) is 11.3 Å². The zero-order valence-electron chi connectivity index (χ0n) is 11.5. The van der Waals surface area contributed by atoms with E-state index in [1.807, 2.05) is 11.3 Å². The fourth-order valence-corrected chi connectivity index (χ4v) is 3.31. The fourth-order valence-electron chi connectivity index (χ4n) is 2.18. The summed E-state index contributed by atoms with van der Waals surface area (Å²) < 4.78 is 5.55. The van der Waals surface area contributed by atoms with Crippen molar-refractivity contribution in [3.05, 3.63) is 10.6 Å². The van der Waals surface area contributed by atoms with Crippen LogP contribution in [0.25, 0.3) is 0 Å². The van der Waals surface area contributed by atoms with Crippen LogP contribution in [0.2, 0.25) is 0 Å². The normalized spacial score (nSPS) is 20.4. The lowest BCUT2D eigenvalue weighted by Crippen LogP contribution is -2.45. The lowest BCUT2D eigenvalue weighted by atomic mass is 10.2. The Morgan fingerprint density at radius 1 is 1.50 bits per heavy atom. The summed E-state index contributed by atoms with van der Waals surface area (Å²) in [5, 5.41) is 4.54. The Kier molecular flexibility index (Phi) is 4.97. The maximum Gasteiger partial charge on any atom is 0.186 e. The monoisotopic (exact) mass is 269 g/mol. The molecule has 5 heteroatoms. The minimum Gasteiger partial charge on any atom is -0.377 e. The van der Waals surface area contributed by atoms with E-state index in [1.54, 1.807) is 0 Å². The van der Waals surface area contributed by atoms with Crippen LogP contribution < -0.4 is 10.2 Å². The first-order valence-electron chi connectivity index (χ1n) is 6.77. The van der Waals surface area contributed by atoms with Crippen LogP contribution >= 0.6 is 11.3 Å². The molecule has 0 aliphatic carbocycles. The van der Waals surface area contributed by atoms with Crippen LogP contribution in [-0.2, 0) is 11.3 Å². The number of hydrogen-bond acceptors (Lipinski definition) is 5. The van der Waals surface area contributed by atoms with Crippen molar-refractivity contribution in [2.45, 2.75) is 39.8 Å². The quantitative estimate of drug-likeness (QED) is 0.889. The van der Waals surface area contributed by atoms with E-state index in [0.29, 0.717) is 6.04 Å². The molecule has 1 atom stereocenters. The molecule has 0 spiro atoms. The number of aryl methyl sites for hydroxylation is 1. The third kappa shape index (κ3) is 3.02. The van der Waals surface area contributed by atoms with Gasteiger partial charge in [-0.25, -0.2) is 4.98 Å². The largest absolute Gasteiger partial charge is 0.377 e. The Balaban J connectivity index is 2.11. The topological polar surface area (TPSA) is 37.4 Å². The van der Waals surface area contributed by atoms with Gasteiger partial charge in [-0.2, -0.15) is 0 Å². The summed E-state index contributed by atoms with van der Waals surface area (Å²) in [6.45, 7) is 11.0. The molecule has 102 valence electrons. The van der Waals surface area contributed by atoms with Crippen LogP contribution in [0, 0.1) is 6.92 Å². The summed E-state index contributed by atoms with van der Waals surface area (Å²) in [6, 6.07) is 0.483. The molecule has 1 aliphatic heterocycles. The highest BCUT2D eigenvalue weighted by Gasteiger charge is 2.24. The van der Waals surface area contributed by atoms with Crippen molar-refractivity contribution in [1.29, 1.82) is 0 Å². The number of hydrogen-bond donors (Lipinski definition) is 1. The Hall–Kier alpha value is -0.650. The smallest absolute Gasteiger partial charge is 0.186 e. The molecule has 1 aliphatic rings. The van der Waals surface area contributed by atoms with E-state index in [4.69, 9.17) is 9.72 Å². The lowest BCUT2D eigenvalue weighted by Gasteiger charge is -2.34. The molecule has 1 aromatic rings. The summed E-state index contributed by atoms with van der Waals surface area (Å²) >= 11 is 1.82. The molecule has 2 rings (SSSR count). The van der Waals surface area contributed by atoms with Crippen LogP contribution in [0.4, 0.5) is 5.13 Å². The lowest BCUT2D eigenvalue weighted by molar-refractivity contribution is 0.0929. The third-order valence-corrected chi connectivity index (χ3v) is 4.56. The zero-order chi connectivity index (χ0) is 13.0. The van der Waals surface area contributed by atoms with E-state index in [9.17, 15) is 0 Å². The molecule has 1 N–H and O–H groups in total. The molecule has 0 bridgehead atoms. The second-order valence-electron chi connectivity index (χ2n) is 4.62. The number of nitrogens with zero attached hydrogens (tertiary/aromatic N) is 2. The average molecular weight is 269 g/mol. The van der Waals surface area contributed by atoms with Gasteiger partial charge in [0.05, 0.1) is 24.9 Å². The molecule has 2 heterocycles. The van der Waals surface area contributed by atoms with Gasteiger partial charge < -0.3 is 15.0 Å².